The number of aromatic nitrogens is 2. The molecular formula is C12H12ClN3O2S. The third-order valence-corrected chi connectivity index (χ3v) is 3.63. The molecule has 5 nitrogen and oxygen atoms in total. The van der Waals surface area contributed by atoms with Crippen LogP contribution in [-0.4, -0.2) is 26.6 Å². The van der Waals surface area contributed by atoms with Gasteiger partial charge in [0.1, 0.15) is 16.4 Å². The maximum atomic E-state index is 11.3. The first-order valence-corrected chi connectivity index (χ1v) is 6.92. The first-order chi connectivity index (χ1) is 9.06. The zero-order valence-electron chi connectivity index (χ0n) is 10.1. The minimum atomic E-state index is -1.09. The van der Waals surface area contributed by atoms with Crippen LogP contribution >= 0.6 is 23.4 Å². The summed E-state index contributed by atoms with van der Waals surface area (Å²) in [6.07, 6.45) is 0. The van der Waals surface area contributed by atoms with E-state index in [0.29, 0.717) is 21.5 Å². The molecule has 0 saturated carbocycles. The van der Waals surface area contributed by atoms with Gasteiger partial charge in [0.05, 0.1) is 10.7 Å². The second kappa shape index (κ2) is 5.54. The Morgan fingerprint density at radius 3 is 2.79 bits per heavy atom. The molecule has 0 saturated heterocycles. The van der Waals surface area contributed by atoms with Gasteiger partial charge in [-0.1, -0.05) is 30.7 Å². The molecule has 0 fully saturated rings. The third kappa shape index (κ3) is 2.54. The van der Waals surface area contributed by atoms with Gasteiger partial charge in [0.15, 0.2) is 0 Å². The van der Waals surface area contributed by atoms with Gasteiger partial charge in [-0.2, -0.15) is 5.10 Å². The lowest BCUT2D eigenvalue weighted by atomic mass is 10.3. The van der Waals surface area contributed by atoms with Gasteiger partial charge in [-0.05, 0) is 17.9 Å². The van der Waals surface area contributed by atoms with Crippen LogP contribution in [0.25, 0.3) is 5.69 Å². The van der Waals surface area contributed by atoms with E-state index in [1.54, 1.807) is 24.3 Å². The molecule has 0 atom stereocenters. The molecule has 1 aromatic heterocycles. The molecule has 0 bridgehead atoms. The number of hydrogen-bond acceptors (Lipinski definition) is 4. The lowest BCUT2D eigenvalue weighted by Gasteiger charge is -2.05. The van der Waals surface area contributed by atoms with E-state index in [4.69, 9.17) is 17.3 Å². The fourth-order valence-electron chi connectivity index (χ4n) is 1.66. The summed E-state index contributed by atoms with van der Waals surface area (Å²) in [5.74, 6) is -0.303. The Morgan fingerprint density at radius 1 is 1.53 bits per heavy atom. The molecule has 1 aromatic carbocycles. The van der Waals surface area contributed by atoms with Crippen LogP contribution in [0.4, 0.5) is 5.82 Å². The van der Waals surface area contributed by atoms with Gasteiger partial charge in [0, 0.05) is 0 Å². The maximum Gasteiger partial charge on any atom is 0.342 e. The number of rotatable bonds is 4. The van der Waals surface area contributed by atoms with Gasteiger partial charge >= 0.3 is 5.97 Å². The van der Waals surface area contributed by atoms with Crippen molar-refractivity contribution in [3.05, 3.63) is 34.9 Å². The van der Waals surface area contributed by atoms with E-state index >= 15 is 0 Å². The van der Waals surface area contributed by atoms with Crippen molar-refractivity contribution in [1.82, 2.24) is 9.78 Å². The number of halogens is 1. The van der Waals surface area contributed by atoms with E-state index in [0.717, 1.165) is 0 Å². The van der Waals surface area contributed by atoms with Crippen LogP contribution in [0.3, 0.4) is 0 Å². The topological polar surface area (TPSA) is 81.1 Å². The van der Waals surface area contributed by atoms with E-state index in [-0.39, 0.29) is 11.4 Å². The Balaban J connectivity index is 2.63. The van der Waals surface area contributed by atoms with Crippen LogP contribution < -0.4 is 5.73 Å². The van der Waals surface area contributed by atoms with Gasteiger partial charge in [-0.15, -0.1) is 11.8 Å². The van der Waals surface area contributed by atoms with Crippen LogP contribution in [0.15, 0.2) is 29.3 Å². The molecule has 0 unspecified atom stereocenters. The number of nitrogens with zero attached hydrogens (tertiary/aromatic N) is 2. The van der Waals surface area contributed by atoms with Gasteiger partial charge < -0.3 is 10.8 Å². The Kier molecular flexibility index (Phi) is 4.01. The molecular weight excluding hydrogens is 286 g/mol. The lowest BCUT2D eigenvalue weighted by Crippen LogP contribution is -2.06. The first kappa shape index (κ1) is 13.8. The van der Waals surface area contributed by atoms with Crippen molar-refractivity contribution in [3.63, 3.8) is 0 Å². The summed E-state index contributed by atoms with van der Waals surface area (Å²) in [6.45, 7) is 1.92. The standard InChI is InChI=1S/C12H12ClN3O2S/c1-2-19-11-9(12(17)18)10(14)16(15-11)8-6-4-3-5-7(8)13/h3-6H,2,14H2,1H3,(H,17,18). The molecule has 2 aromatic rings. The molecule has 1 heterocycles. The zero-order chi connectivity index (χ0) is 14.0. The van der Waals surface area contributed by atoms with Crippen molar-refractivity contribution in [2.24, 2.45) is 0 Å². The van der Waals surface area contributed by atoms with E-state index in [1.165, 1.54) is 16.4 Å². The predicted molar refractivity (Wildman–Crippen MR) is 76.3 cm³/mol. The van der Waals surface area contributed by atoms with Crippen LogP contribution in [0, 0.1) is 0 Å². The molecule has 7 heteroatoms. The van der Waals surface area contributed by atoms with Crippen LogP contribution in [0.1, 0.15) is 17.3 Å². The highest BCUT2D eigenvalue weighted by atomic mass is 35.5. The normalized spacial score (nSPS) is 10.6. The van der Waals surface area contributed by atoms with Crippen LogP contribution in [0.2, 0.25) is 5.02 Å². The van der Waals surface area contributed by atoms with E-state index in [2.05, 4.69) is 5.10 Å². The number of carboxylic acids is 1. The molecule has 0 amide bonds. The van der Waals surface area contributed by atoms with Crippen molar-refractivity contribution < 1.29 is 9.90 Å². The molecule has 0 aliphatic heterocycles. The number of nitrogen functional groups attached to an aromatic ring is 1. The lowest BCUT2D eigenvalue weighted by molar-refractivity contribution is 0.0694. The highest BCUT2D eigenvalue weighted by Crippen LogP contribution is 2.30. The van der Waals surface area contributed by atoms with Crippen LogP contribution in [-0.2, 0) is 0 Å². The largest absolute Gasteiger partial charge is 0.477 e. The smallest absolute Gasteiger partial charge is 0.342 e. The number of carboxylic acid groups (broad SMARTS) is 1. The highest BCUT2D eigenvalue weighted by Gasteiger charge is 2.23. The van der Waals surface area contributed by atoms with E-state index < -0.39 is 5.97 Å². The minimum Gasteiger partial charge on any atom is -0.477 e. The summed E-state index contributed by atoms with van der Waals surface area (Å²) < 4.78 is 1.36. The molecule has 100 valence electrons. The monoisotopic (exact) mass is 297 g/mol. The van der Waals surface area contributed by atoms with Crippen molar-refractivity contribution in [2.45, 2.75) is 11.9 Å². The fourth-order valence-corrected chi connectivity index (χ4v) is 2.62. The van der Waals surface area contributed by atoms with E-state index in [9.17, 15) is 9.90 Å². The number of nitrogens with two attached hydrogens (primary N) is 1. The van der Waals surface area contributed by atoms with Crippen molar-refractivity contribution >= 4 is 35.1 Å². The summed E-state index contributed by atoms with van der Waals surface area (Å²) >= 11 is 7.41. The Bertz CT molecular complexity index is 627. The molecule has 0 aliphatic rings. The number of anilines is 1. The molecule has 0 spiro atoms. The van der Waals surface area contributed by atoms with Crippen molar-refractivity contribution in [3.8, 4) is 5.69 Å². The van der Waals surface area contributed by atoms with Gasteiger partial charge in [-0.3, -0.25) is 0 Å². The SMILES string of the molecule is CCSc1nn(-c2ccccc2Cl)c(N)c1C(=O)O. The van der Waals surface area contributed by atoms with Gasteiger partial charge in [0.25, 0.3) is 0 Å². The van der Waals surface area contributed by atoms with Crippen molar-refractivity contribution in [2.75, 3.05) is 11.5 Å². The molecule has 19 heavy (non-hydrogen) atoms. The first-order valence-electron chi connectivity index (χ1n) is 5.55. The maximum absolute atomic E-state index is 11.3. The molecule has 0 radical (unpaired) electrons. The molecule has 2 rings (SSSR count). The number of hydrogen-bond donors (Lipinski definition) is 2. The number of carbonyl (C=O) groups is 1. The number of benzene rings is 1. The summed E-state index contributed by atoms with van der Waals surface area (Å²) in [5.41, 5.74) is 6.47. The Morgan fingerprint density at radius 2 is 2.21 bits per heavy atom. The van der Waals surface area contributed by atoms with E-state index in [1.807, 2.05) is 6.92 Å². The summed E-state index contributed by atoms with van der Waals surface area (Å²) in [7, 11) is 0. The Hall–Kier alpha value is -1.66. The van der Waals surface area contributed by atoms with Crippen LogP contribution in [0.5, 0.6) is 0 Å². The molecule has 0 aliphatic carbocycles. The second-order valence-electron chi connectivity index (χ2n) is 3.67. The third-order valence-electron chi connectivity index (χ3n) is 2.46. The van der Waals surface area contributed by atoms with Gasteiger partial charge in [0.2, 0.25) is 0 Å². The number of para-hydroxylation sites is 1. The predicted octanol–water partition coefficient (Wildman–Crippen LogP) is 2.92. The molecule has 3 N–H and O–H groups in total. The minimum absolute atomic E-state index is 0.0202. The van der Waals surface area contributed by atoms with Crippen molar-refractivity contribution in [1.29, 1.82) is 0 Å². The zero-order valence-corrected chi connectivity index (χ0v) is 11.7. The summed E-state index contributed by atoms with van der Waals surface area (Å²) in [4.78, 5) is 11.3. The van der Waals surface area contributed by atoms with Gasteiger partial charge in [-0.25, -0.2) is 9.48 Å². The second-order valence-corrected chi connectivity index (χ2v) is 5.33. The number of aromatic carboxylic acids is 1. The summed E-state index contributed by atoms with van der Waals surface area (Å²) in [6, 6.07) is 7.00. The average molecular weight is 298 g/mol. The average Bonchev–Trinajstić information content (AvgIpc) is 2.67. The highest BCUT2D eigenvalue weighted by molar-refractivity contribution is 7.99. The summed E-state index contributed by atoms with van der Waals surface area (Å²) in [5, 5.41) is 14.3. The number of thioether (sulfide) groups is 1. The Labute approximate surface area is 119 Å². The fraction of sp³-hybridized carbons (Fsp3) is 0.167. The quantitative estimate of drug-likeness (QED) is 0.848.